The Bertz CT molecular complexity index is 1280. The van der Waals surface area contributed by atoms with Crippen molar-refractivity contribution in [3.8, 4) is 0 Å². The van der Waals surface area contributed by atoms with Gasteiger partial charge in [-0.3, -0.25) is 0 Å². The van der Waals surface area contributed by atoms with Gasteiger partial charge in [0.1, 0.15) is 0 Å². The SMILES string of the molecule is [B]B([B])B([B])B(B(B([B])[B])B([B])[B])B(B(B(B([B])[B])B([B])[B])B(B([B])[B])B([B])[B])C(B(B(B([B])[B])B([B])[B])B(B([B])[B])B([B])[B])B(B(B(B([B])[B])B([B])[B])B(B([B])[B])B([B])[B])B(B(B([B])[B])B([B])[B])B(B([B])[B])B([B])[B]. The number of hydrogen-bond acceptors (Lipinski definition) is 0. The molecule has 0 aliphatic rings. The maximum atomic E-state index is 7.35. The van der Waals surface area contributed by atoms with Gasteiger partial charge in [-0.25, -0.2) is 0 Å². The lowest BCUT2D eigenvalue weighted by Gasteiger charge is -2.62. The lowest BCUT2D eigenvalue weighted by molar-refractivity contribution is 1.80. The van der Waals surface area contributed by atoms with E-state index in [1.165, 1.54) is 0 Å². The summed E-state index contributed by atoms with van der Waals surface area (Å²) in [5, 5.41) is 0. The van der Waals surface area contributed by atoms with E-state index >= 15 is 0 Å². The first kappa shape index (κ1) is 80.9. The number of hydrogen-bond donors (Lipinski definition) is 0. The van der Waals surface area contributed by atoms with Gasteiger partial charge in [0.15, 0.2) is 0 Å². The average molecular weight is 824 g/mol. The lowest BCUT2D eigenvalue weighted by Crippen LogP contribution is -2.94. The van der Waals surface area contributed by atoms with E-state index in [0.29, 0.717) is 0 Å². The van der Waals surface area contributed by atoms with Crippen molar-refractivity contribution < 1.29 is 0 Å². The second-order valence-corrected chi connectivity index (χ2v) is 21.4. The average Bonchev–Trinajstić information content (AvgIpc) is 3.19. The van der Waals surface area contributed by atoms with Crippen LogP contribution >= 0.6 is 0 Å². The smallest absolute Gasteiger partial charge is 0.0294 e. The Hall–Kier alpha value is 4.87. The van der Waals surface area contributed by atoms with E-state index in [1.807, 2.05) is 0 Å². The largest absolute Gasteiger partial charge is 0.146 e. The molecule has 0 spiro atoms. The molecule has 0 nitrogen and oxygen atoms in total. The molecule has 0 aromatic heterocycles. The molecule has 76 heavy (non-hydrogen) atoms. The van der Waals surface area contributed by atoms with Gasteiger partial charge in [-0.2, -0.15) is 0 Å². The van der Waals surface area contributed by atoms with Crippen molar-refractivity contribution >= 4 is 532 Å². The van der Waals surface area contributed by atoms with Crippen LogP contribution in [0.4, 0.5) is 0 Å². The molecule has 0 saturated heterocycles. The molecule has 78 radical (unpaired) electrons. The predicted octanol–water partition coefficient (Wildman–Crippen LogP) is -28.2. The summed E-state index contributed by atoms with van der Waals surface area (Å²) in [6.45, 7) is -5.30. The Morgan fingerprint density at radius 2 is 0.237 bits per heavy atom. The predicted molar refractivity (Wildman–Crippen MR) is 435 cm³/mol. The summed E-state index contributed by atoms with van der Waals surface area (Å²) >= 11 is 0. The summed E-state index contributed by atoms with van der Waals surface area (Å²) in [7, 11) is 266. The number of rotatable bonds is 36. The fourth-order valence-corrected chi connectivity index (χ4v) is 13.3. The molecule has 1 atom stereocenters. The van der Waals surface area contributed by atoms with E-state index in [0.717, 1.165) is 0 Å². The van der Waals surface area contributed by atoms with Gasteiger partial charge >= 0.3 is 0 Å². The second kappa shape index (κ2) is 37.0. The van der Waals surface area contributed by atoms with Crippen molar-refractivity contribution in [1.29, 1.82) is 0 Å². The van der Waals surface area contributed by atoms with Gasteiger partial charge in [0.2, 0.25) is 0 Å². The van der Waals surface area contributed by atoms with Crippen LogP contribution in [0.25, 0.3) is 0 Å². The van der Waals surface area contributed by atoms with Crippen molar-refractivity contribution in [3.05, 3.63) is 0 Å². The maximum absolute atomic E-state index is 7.35. The van der Waals surface area contributed by atoms with Crippen LogP contribution < -0.4 is 0 Å². The van der Waals surface area contributed by atoms with Crippen molar-refractivity contribution in [2.45, 2.75) is 5.62 Å². The summed E-state index contributed by atoms with van der Waals surface area (Å²) in [6.07, 6.45) is -53.3. The molecule has 0 fully saturated rings. The normalized spacial score (nSPS) is 10.3. The lowest BCUT2D eigenvalue weighted by atomic mass is 8.28. The first-order chi connectivity index (χ1) is 34.5. The molecule has 0 aromatic carbocycles. The zero-order chi connectivity index (χ0) is 60.4. The molecule has 0 heterocycles. The quantitative estimate of drug-likeness (QED) is 0.0552. The molecule has 0 bridgehead atoms. The molecule has 75 heteroatoms. The van der Waals surface area contributed by atoms with Crippen LogP contribution in [-0.2, 0) is 0 Å². The first-order valence-electron chi connectivity index (χ1n) is 25.0. The van der Waals surface area contributed by atoms with Crippen LogP contribution in [0.2, 0.25) is 5.62 Å². The van der Waals surface area contributed by atoms with E-state index in [9.17, 15) is 0 Å². The molecular formula is CHB75. The van der Waals surface area contributed by atoms with E-state index in [2.05, 4.69) is 0 Å². The van der Waals surface area contributed by atoms with Gasteiger partial charge in [0.05, 0.1) is 0 Å². The van der Waals surface area contributed by atoms with Crippen molar-refractivity contribution in [3.63, 3.8) is 0 Å². The minimum absolute atomic E-state index is 1.53. The Labute approximate surface area is 532 Å². The highest BCUT2D eigenvalue weighted by Gasteiger charge is 2.65. The van der Waals surface area contributed by atoms with Gasteiger partial charge in [-0.05, 0) is 0 Å². The molecule has 0 aliphatic carbocycles. The topological polar surface area (TPSA) is 0 Å². The Morgan fingerprint density at radius 1 is 0.118 bits per heavy atom. The summed E-state index contributed by atoms with van der Waals surface area (Å²) in [5.74, 6) is 0. The third-order valence-corrected chi connectivity index (χ3v) is 16.0. The molecule has 1 unspecified atom stereocenters. The second-order valence-electron chi connectivity index (χ2n) is 21.4. The molecule has 0 rings (SSSR count). The van der Waals surface area contributed by atoms with Crippen LogP contribution in [0.15, 0.2) is 0 Å². The van der Waals surface area contributed by atoms with Crippen LogP contribution in [0.1, 0.15) is 0 Å². The summed E-state index contributed by atoms with van der Waals surface area (Å²) in [5.41, 5.74) is -1.85. The fourth-order valence-electron chi connectivity index (χ4n) is 13.3. The zero-order valence-electron chi connectivity index (χ0n) is 43.9. The molecule has 0 aromatic rings. The van der Waals surface area contributed by atoms with Crippen LogP contribution in [0.3, 0.4) is 0 Å². The first-order valence-corrected chi connectivity index (χ1v) is 25.0. The third-order valence-electron chi connectivity index (χ3n) is 16.0. The summed E-state index contributed by atoms with van der Waals surface area (Å²) in [4.78, 5) is 0. The van der Waals surface area contributed by atoms with Crippen LogP contribution in [-0.4, -0.2) is 532 Å². The van der Waals surface area contributed by atoms with Crippen molar-refractivity contribution in [2.24, 2.45) is 0 Å². The van der Waals surface area contributed by atoms with Gasteiger partial charge in [0, 0.05) is 532 Å². The van der Waals surface area contributed by atoms with Gasteiger partial charge in [-0.1, -0.05) is 0 Å². The highest BCUT2D eigenvalue weighted by atomic mass is 13.7. The Kier molecular flexibility index (Phi) is 39.4. The Morgan fingerprint density at radius 3 is 0.368 bits per heavy atom. The molecule has 0 aliphatic heterocycles. The molecule has 230 valence electrons. The fraction of sp³-hybridized carbons (Fsp3) is 1.00. The van der Waals surface area contributed by atoms with Crippen molar-refractivity contribution in [2.75, 3.05) is 0 Å². The van der Waals surface area contributed by atoms with Crippen LogP contribution in [0, 0.1) is 0 Å². The standard InChI is InChI=1S/CHB75/c2-44(3)63(40)66(70(49(12)13)50(14)15)42(67(71(51(16)17)52(18)19)72(53(20)21)54(22)23)1(41(64(45(4)5)46(6)7)65(47(8)9)48(10)11)43(68(73(55(24)25)56(26)27)74(57(28)29)58(30)31)69(75(59(32)33)60(34)35)76(61(36)37)62(38)39/h1H. The molecule has 0 N–H and O–H groups in total. The van der Waals surface area contributed by atoms with Gasteiger partial charge in [-0.15, -0.1) is 5.62 Å². The van der Waals surface area contributed by atoms with E-state index in [-0.39, 0.29) is 0 Å². The third kappa shape index (κ3) is 21.6. The monoisotopic (exact) mass is 839 g/mol. The van der Waals surface area contributed by atoms with Gasteiger partial charge < -0.3 is 0 Å². The van der Waals surface area contributed by atoms with E-state index in [4.69, 9.17) is 302 Å². The van der Waals surface area contributed by atoms with Gasteiger partial charge in [0.25, 0.3) is 0 Å². The minimum Gasteiger partial charge on any atom is -0.146 e. The van der Waals surface area contributed by atoms with E-state index < -0.39 is 236 Å². The summed E-state index contributed by atoms with van der Waals surface area (Å²) < 4.78 is 0. The maximum Gasteiger partial charge on any atom is 0.0294 e. The zero-order valence-corrected chi connectivity index (χ0v) is 43.9. The molecule has 0 saturated carbocycles. The highest BCUT2D eigenvalue weighted by molar-refractivity contribution is 8.29. The molecular weight excluding hydrogens is 823 g/mol. The summed E-state index contributed by atoms with van der Waals surface area (Å²) in [6, 6.07) is 0. The van der Waals surface area contributed by atoms with Crippen molar-refractivity contribution in [1.82, 2.24) is 0 Å². The minimum atomic E-state index is -1.85. The molecule has 0 amide bonds. The van der Waals surface area contributed by atoms with E-state index in [1.54, 1.807) is 0 Å². The Balaban J connectivity index is 12.3. The highest BCUT2D eigenvalue weighted by Crippen LogP contribution is 2.35. The van der Waals surface area contributed by atoms with Crippen LogP contribution in [0.5, 0.6) is 0 Å².